The van der Waals surface area contributed by atoms with E-state index in [0.29, 0.717) is 12.3 Å². The van der Waals surface area contributed by atoms with Crippen molar-refractivity contribution in [1.29, 1.82) is 0 Å². The summed E-state index contributed by atoms with van der Waals surface area (Å²) >= 11 is 0. The Bertz CT molecular complexity index is 711. The number of nitrogens with one attached hydrogen (secondary N) is 1. The van der Waals surface area contributed by atoms with Crippen molar-refractivity contribution in [3.63, 3.8) is 0 Å². The number of aromatic amines is 1. The lowest BCUT2D eigenvalue weighted by Crippen LogP contribution is -2.20. The van der Waals surface area contributed by atoms with Gasteiger partial charge in [-0.05, 0) is 48.8 Å². The summed E-state index contributed by atoms with van der Waals surface area (Å²) in [6.45, 7) is 9.43. The molecule has 21 heavy (non-hydrogen) atoms. The Kier molecular flexibility index (Phi) is 3.66. The molecule has 1 saturated carbocycles. The van der Waals surface area contributed by atoms with Crippen LogP contribution in [0, 0.1) is 12.5 Å². The number of aromatic nitrogens is 1. The lowest BCUT2D eigenvalue weighted by Gasteiger charge is -2.17. The van der Waals surface area contributed by atoms with Crippen LogP contribution in [-0.4, -0.2) is 17.6 Å². The molecule has 2 aromatic rings. The Morgan fingerprint density at radius 1 is 1.48 bits per heavy atom. The highest BCUT2D eigenvalue weighted by Crippen LogP contribution is 2.43. The van der Waals surface area contributed by atoms with Crippen molar-refractivity contribution in [2.75, 3.05) is 6.61 Å². The number of nitrogens with zero attached hydrogens (tertiary/aromatic N) is 1. The Morgan fingerprint density at radius 2 is 2.33 bits per heavy atom. The second kappa shape index (κ2) is 5.61. The predicted octanol–water partition coefficient (Wildman–Crippen LogP) is 4.17. The first kappa shape index (κ1) is 13.7. The van der Waals surface area contributed by atoms with E-state index in [4.69, 9.17) is 11.3 Å². The summed E-state index contributed by atoms with van der Waals surface area (Å²) in [4.78, 5) is 18.9. The third-order valence-corrected chi connectivity index (χ3v) is 4.33. The SMILES string of the molecule is [C-]#[N+]c1ccc2[nH]cc(C3CCCC3C(=O)OCC)c2c1. The summed E-state index contributed by atoms with van der Waals surface area (Å²) in [5.74, 6) is 0.0509. The van der Waals surface area contributed by atoms with Crippen LogP contribution in [0.1, 0.15) is 37.7 Å². The van der Waals surface area contributed by atoms with E-state index >= 15 is 0 Å². The van der Waals surface area contributed by atoms with Gasteiger partial charge in [0.25, 0.3) is 0 Å². The molecule has 1 aromatic carbocycles. The Labute approximate surface area is 123 Å². The minimum absolute atomic E-state index is 0.0550. The van der Waals surface area contributed by atoms with Gasteiger partial charge < -0.3 is 9.72 Å². The average Bonchev–Trinajstić information content (AvgIpc) is 3.12. The first-order chi connectivity index (χ1) is 10.2. The number of benzene rings is 1. The van der Waals surface area contributed by atoms with Crippen LogP contribution in [0.2, 0.25) is 0 Å². The smallest absolute Gasteiger partial charge is 0.309 e. The third kappa shape index (κ3) is 2.40. The molecule has 0 saturated heterocycles. The van der Waals surface area contributed by atoms with Gasteiger partial charge in [0, 0.05) is 11.7 Å². The summed E-state index contributed by atoms with van der Waals surface area (Å²) < 4.78 is 5.21. The minimum atomic E-state index is -0.0873. The van der Waals surface area contributed by atoms with E-state index in [2.05, 4.69) is 9.83 Å². The highest BCUT2D eigenvalue weighted by Gasteiger charge is 2.36. The largest absolute Gasteiger partial charge is 0.466 e. The number of ether oxygens (including phenoxy) is 1. The fraction of sp³-hybridized carbons (Fsp3) is 0.412. The molecule has 1 fully saturated rings. The number of esters is 1. The molecule has 1 N–H and O–H groups in total. The molecule has 0 aliphatic heterocycles. The molecule has 4 heteroatoms. The molecule has 0 spiro atoms. The quantitative estimate of drug-likeness (QED) is 0.678. The molecule has 1 aromatic heterocycles. The van der Waals surface area contributed by atoms with Gasteiger partial charge in [-0.2, -0.15) is 0 Å². The van der Waals surface area contributed by atoms with Crippen molar-refractivity contribution in [2.45, 2.75) is 32.1 Å². The van der Waals surface area contributed by atoms with Gasteiger partial charge in [-0.15, -0.1) is 0 Å². The standard InChI is InChI=1S/C17H18N2O2/c1-3-21-17(20)13-6-4-5-12(13)15-10-19-16-8-7-11(18-2)9-14(15)16/h7-10,12-13,19H,3-6H2,1H3. The van der Waals surface area contributed by atoms with Crippen LogP contribution in [-0.2, 0) is 9.53 Å². The van der Waals surface area contributed by atoms with Gasteiger partial charge in [-0.25, -0.2) is 4.85 Å². The van der Waals surface area contributed by atoms with Gasteiger partial charge >= 0.3 is 5.97 Å². The van der Waals surface area contributed by atoms with Crippen molar-refractivity contribution in [3.8, 4) is 0 Å². The van der Waals surface area contributed by atoms with Crippen LogP contribution in [0.25, 0.3) is 15.7 Å². The van der Waals surface area contributed by atoms with Crippen molar-refractivity contribution < 1.29 is 9.53 Å². The number of hydrogen-bond donors (Lipinski definition) is 1. The Hall–Kier alpha value is -2.28. The molecule has 3 rings (SSSR count). The summed E-state index contributed by atoms with van der Waals surface area (Å²) in [5, 5.41) is 1.06. The lowest BCUT2D eigenvalue weighted by atomic mass is 9.88. The molecule has 0 radical (unpaired) electrons. The summed E-state index contributed by atoms with van der Waals surface area (Å²) in [6.07, 6.45) is 4.92. The van der Waals surface area contributed by atoms with Crippen molar-refractivity contribution in [2.24, 2.45) is 5.92 Å². The van der Waals surface area contributed by atoms with E-state index in [9.17, 15) is 4.79 Å². The second-order valence-corrected chi connectivity index (χ2v) is 5.48. The Morgan fingerprint density at radius 3 is 3.10 bits per heavy atom. The number of H-pyrrole nitrogens is 1. The van der Waals surface area contributed by atoms with E-state index < -0.39 is 0 Å². The van der Waals surface area contributed by atoms with E-state index in [1.54, 1.807) is 0 Å². The number of carbonyl (C=O) groups is 1. The van der Waals surface area contributed by atoms with Crippen LogP contribution >= 0.6 is 0 Å². The molecule has 0 amide bonds. The molecule has 108 valence electrons. The van der Waals surface area contributed by atoms with Crippen molar-refractivity contribution >= 4 is 22.6 Å². The average molecular weight is 282 g/mol. The van der Waals surface area contributed by atoms with Gasteiger partial charge in [-0.3, -0.25) is 4.79 Å². The zero-order valence-electron chi connectivity index (χ0n) is 12.1. The van der Waals surface area contributed by atoms with Crippen LogP contribution < -0.4 is 0 Å². The maximum absolute atomic E-state index is 12.1. The molecule has 2 unspecified atom stereocenters. The monoisotopic (exact) mass is 282 g/mol. The number of fused-ring (bicyclic) bond motifs is 1. The zero-order valence-corrected chi connectivity index (χ0v) is 12.1. The molecule has 1 aliphatic carbocycles. The molecule has 0 bridgehead atoms. The number of carbonyl (C=O) groups excluding carboxylic acids is 1. The van der Waals surface area contributed by atoms with Crippen molar-refractivity contribution in [1.82, 2.24) is 4.98 Å². The van der Waals surface area contributed by atoms with E-state index in [0.717, 1.165) is 35.7 Å². The molecular formula is C17H18N2O2. The van der Waals surface area contributed by atoms with Crippen LogP contribution in [0.3, 0.4) is 0 Å². The number of hydrogen-bond acceptors (Lipinski definition) is 2. The van der Waals surface area contributed by atoms with Gasteiger partial charge in [0.1, 0.15) is 0 Å². The maximum Gasteiger partial charge on any atom is 0.309 e. The highest BCUT2D eigenvalue weighted by molar-refractivity contribution is 5.88. The van der Waals surface area contributed by atoms with Crippen LogP contribution in [0.5, 0.6) is 0 Å². The zero-order chi connectivity index (χ0) is 14.8. The highest BCUT2D eigenvalue weighted by atomic mass is 16.5. The fourth-order valence-corrected chi connectivity index (χ4v) is 3.37. The summed E-state index contributed by atoms with van der Waals surface area (Å²) in [5.41, 5.74) is 2.80. The molecule has 2 atom stereocenters. The Balaban J connectivity index is 1.99. The molecule has 1 heterocycles. The fourth-order valence-electron chi connectivity index (χ4n) is 3.37. The maximum atomic E-state index is 12.1. The first-order valence-electron chi connectivity index (χ1n) is 7.39. The van der Waals surface area contributed by atoms with Gasteiger partial charge in [0.05, 0.1) is 19.1 Å². The summed E-state index contributed by atoms with van der Waals surface area (Å²) in [7, 11) is 0. The summed E-state index contributed by atoms with van der Waals surface area (Å²) in [6, 6.07) is 5.66. The second-order valence-electron chi connectivity index (χ2n) is 5.48. The van der Waals surface area contributed by atoms with E-state index in [1.807, 2.05) is 31.3 Å². The molecular weight excluding hydrogens is 264 g/mol. The third-order valence-electron chi connectivity index (χ3n) is 4.33. The van der Waals surface area contributed by atoms with Crippen LogP contribution in [0.4, 0.5) is 5.69 Å². The first-order valence-corrected chi connectivity index (χ1v) is 7.39. The van der Waals surface area contributed by atoms with Gasteiger partial charge in [-0.1, -0.05) is 12.5 Å². The normalized spacial score (nSPS) is 21.3. The lowest BCUT2D eigenvalue weighted by molar-refractivity contribution is -0.148. The topological polar surface area (TPSA) is 46.5 Å². The van der Waals surface area contributed by atoms with Crippen LogP contribution in [0.15, 0.2) is 24.4 Å². The van der Waals surface area contributed by atoms with Gasteiger partial charge in [0.15, 0.2) is 5.69 Å². The minimum Gasteiger partial charge on any atom is -0.466 e. The molecule has 1 aliphatic rings. The van der Waals surface area contributed by atoms with E-state index in [-0.39, 0.29) is 17.8 Å². The van der Waals surface area contributed by atoms with Gasteiger partial charge in [0.2, 0.25) is 0 Å². The number of rotatable bonds is 3. The molecule has 4 nitrogen and oxygen atoms in total. The predicted molar refractivity (Wildman–Crippen MR) is 81.3 cm³/mol. The van der Waals surface area contributed by atoms with E-state index in [1.165, 1.54) is 0 Å². The van der Waals surface area contributed by atoms with Crippen molar-refractivity contribution in [3.05, 3.63) is 41.4 Å².